The first-order valence-electron chi connectivity index (χ1n) is 9.61. The molecule has 2 heterocycles. The quantitative estimate of drug-likeness (QED) is 0.370. The number of rotatable bonds is 8. The van der Waals surface area contributed by atoms with Crippen LogP contribution in [0.25, 0.3) is 11.0 Å². The van der Waals surface area contributed by atoms with Gasteiger partial charge in [-0.2, -0.15) is 0 Å². The second-order valence-corrected chi connectivity index (χ2v) is 8.85. The van der Waals surface area contributed by atoms with Gasteiger partial charge in [0.05, 0.1) is 7.11 Å². The van der Waals surface area contributed by atoms with Crippen LogP contribution in [0.15, 0.2) is 62.7 Å². The molecule has 0 spiro atoms. The van der Waals surface area contributed by atoms with Crippen LogP contribution in [-0.4, -0.2) is 24.5 Å². The molecule has 4 aromatic rings. The number of aryl methyl sites for hydroxylation is 1. The zero-order chi connectivity index (χ0) is 20.9. The van der Waals surface area contributed by atoms with Gasteiger partial charge in [0.15, 0.2) is 5.76 Å². The minimum atomic E-state index is -0.202. The lowest BCUT2D eigenvalue weighted by Gasteiger charge is -2.09. The normalized spacial score (nSPS) is 11.0. The standard InChI is InChI=1S/C23H22N2O3S2/c1-15-13-29-23(25-15)30-14-18-17-8-4-6-10-20(17)28-21(18)22(26)24-12-11-16-7-3-5-9-19(16)27-2/h3-10,13H,11-12,14H2,1-2H3,(H,24,26). The summed E-state index contributed by atoms with van der Waals surface area (Å²) >= 11 is 3.24. The van der Waals surface area contributed by atoms with E-state index in [2.05, 4.69) is 10.3 Å². The van der Waals surface area contributed by atoms with E-state index in [0.717, 1.165) is 37.9 Å². The van der Waals surface area contributed by atoms with Crippen LogP contribution in [0.3, 0.4) is 0 Å². The van der Waals surface area contributed by atoms with E-state index in [1.54, 1.807) is 30.2 Å². The van der Waals surface area contributed by atoms with Gasteiger partial charge in [-0.15, -0.1) is 11.3 Å². The first-order valence-corrected chi connectivity index (χ1v) is 11.5. The maximum Gasteiger partial charge on any atom is 0.287 e. The second kappa shape index (κ2) is 9.36. The minimum Gasteiger partial charge on any atom is -0.496 e. The monoisotopic (exact) mass is 438 g/mol. The van der Waals surface area contributed by atoms with E-state index in [1.165, 1.54) is 0 Å². The molecule has 4 rings (SSSR count). The molecule has 0 saturated heterocycles. The maximum atomic E-state index is 12.9. The van der Waals surface area contributed by atoms with Crippen LogP contribution in [-0.2, 0) is 12.2 Å². The number of nitrogens with zero attached hydrogens (tertiary/aromatic N) is 1. The molecule has 30 heavy (non-hydrogen) atoms. The Balaban J connectivity index is 1.50. The highest BCUT2D eigenvalue weighted by Crippen LogP contribution is 2.33. The summed E-state index contributed by atoms with van der Waals surface area (Å²) < 4.78 is 12.3. The van der Waals surface area contributed by atoms with Crippen LogP contribution in [0.1, 0.15) is 27.4 Å². The van der Waals surface area contributed by atoms with E-state index in [9.17, 15) is 4.79 Å². The number of nitrogens with one attached hydrogen (secondary N) is 1. The van der Waals surface area contributed by atoms with Gasteiger partial charge in [0, 0.05) is 34.3 Å². The summed E-state index contributed by atoms with van der Waals surface area (Å²) in [6.07, 6.45) is 0.679. The number of fused-ring (bicyclic) bond motifs is 1. The zero-order valence-electron chi connectivity index (χ0n) is 16.8. The zero-order valence-corrected chi connectivity index (χ0v) is 18.4. The van der Waals surface area contributed by atoms with Crippen LogP contribution in [0.2, 0.25) is 0 Å². The summed E-state index contributed by atoms with van der Waals surface area (Å²) in [5.74, 6) is 1.62. The van der Waals surface area contributed by atoms with E-state index in [0.29, 0.717) is 24.5 Å². The van der Waals surface area contributed by atoms with Gasteiger partial charge in [-0.1, -0.05) is 48.2 Å². The van der Waals surface area contributed by atoms with Crippen molar-refractivity contribution in [3.8, 4) is 5.75 Å². The maximum absolute atomic E-state index is 12.9. The number of para-hydroxylation sites is 2. The lowest BCUT2D eigenvalue weighted by Crippen LogP contribution is -2.26. The summed E-state index contributed by atoms with van der Waals surface area (Å²) in [6, 6.07) is 15.6. The summed E-state index contributed by atoms with van der Waals surface area (Å²) in [4.78, 5) is 17.4. The highest BCUT2D eigenvalue weighted by molar-refractivity contribution is 8.00. The number of methoxy groups -OCH3 is 1. The molecule has 0 saturated carbocycles. The van der Waals surface area contributed by atoms with E-state index >= 15 is 0 Å². The third-order valence-electron chi connectivity index (χ3n) is 4.71. The highest BCUT2D eigenvalue weighted by atomic mass is 32.2. The van der Waals surface area contributed by atoms with E-state index in [1.807, 2.05) is 60.8 Å². The molecule has 0 aliphatic rings. The van der Waals surface area contributed by atoms with Crippen LogP contribution >= 0.6 is 23.1 Å². The average molecular weight is 439 g/mol. The van der Waals surface area contributed by atoms with Crippen molar-refractivity contribution in [1.82, 2.24) is 10.3 Å². The number of carbonyl (C=O) groups excluding carboxylic acids is 1. The van der Waals surface area contributed by atoms with Crippen LogP contribution < -0.4 is 10.1 Å². The molecular formula is C23H22N2O3S2. The Morgan fingerprint density at radius 2 is 2.00 bits per heavy atom. The minimum absolute atomic E-state index is 0.202. The number of furan rings is 1. The average Bonchev–Trinajstić information content (AvgIpc) is 3.35. The first-order chi connectivity index (χ1) is 14.7. The number of hydrogen-bond donors (Lipinski definition) is 1. The molecule has 0 aliphatic heterocycles. The topological polar surface area (TPSA) is 64.4 Å². The molecule has 0 radical (unpaired) electrons. The Bertz CT molecular complexity index is 1170. The Kier molecular flexibility index (Phi) is 6.40. The first kappa shape index (κ1) is 20.5. The fraction of sp³-hybridized carbons (Fsp3) is 0.217. The molecule has 154 valence electrons. The summed E-state index contributed by atoms with van der Waals surface area (Å²) in [5.41, 5.74) is 3.69. The molecule has 5 nitrogen and oxygen atoms in total. The number of ether oxygens (including phenoxy) is 1. The Morgan fingerprint density at radius 3 is 2.80 bits per heavy atom. The van der Waals surface area contributed by atoms with Crippen molar-refractivity contribution in [3.05, 3.63) is 76.5 Å². The summed E-state index contributed by atoms with van der Waals surface area (Å²) in [7, 11) is 1.65. The Hall–Kier alpha value is -2.77. The van der Waals surface area contributed by atoms with Gasteiger partial charge >= 0.3 is 0 Å². The second-order valence-electron chi connectivity index (χ2n) is 6.77. The van der Waals surface area contributed by atoms with Gasteiger partial charge in [0.25, 0.3) is 5.91 Å². The lowest BCUT2D eigenvalue weighted by molar-refractivity contribution is 0.0927. The molecule has 2 aromatic carbocycles. The molecule has 0 fully saturated rings. The molecule has 1 amide bonds. The number of aromatic nitrogens is 1. The van der Waals surface area contributed by atoms with Gasteiger partial charge < -0.3 is 14.5 Å². The number of carbonyl (C=O) groups is 1. The van der Waals surface area contributed by atoms with Crippen molar-refractivity contribution < 1.29 is 13.9 Å². The van der Waals surface area contributed by atoms with Crippen molar-refractivity contribution in [2.24, 2.45) is 0 Å². The molecule has 1 N–H and O–H groups in total. The van der Waals surface area contributed by atoms with Crippen molar-refractivity contribution in [2.45, 2.75) is 23.4 Å². The number of thiazole rings is 1. The molecule has 2 aromatic heterocycles. The summed E-state index contributed by atoms with van der Waals surface area (Å²) in [6.45, 7) is 2.48. The lowest BCUT2D eigenvalue weighted by atomic mass is 10.1. The molecule has 0 aliphatic carbocycles. The Labute approximate surface area is 183 Å². The number of amides is 1. The van der Waals surface area contributed by atoms with Crippen LogP contribution in [0, 0.1) is 6.92 Å². The van der Waals surface area contributed by atoms with Crippen molar-refractivity contribution in [2.75, 3.05) is 13.7 Å². The molecule has 0 unspecified atom stereocenters. The highest BCUT2D eigenvalue weighted by Gasteiger charge is 2.21. The fourth-order valence-corrected chi connectivity index (χ4v) is 5.14. The predicted octanol–water partition coefficient (Wildman–Crippen LogP) is 5.47. The third-order valence-corrected chi connectivity index (χ3v) is 6.88. The van der Waals surface area contributed by atoms with E-state index in [-0.39, 0.29) is 5.91 Å². The SMILES string of the molecule is COc1ccccc1CCNC(=O)c1oc2ccccc2c1CSc1nc(C)cs1. The smallest absolute Gasteiger partial charge is 0.287 e. The Morgan fingerprint density at radius 1 is 1.20 bits per heavy atom. The molecule has 0 bridgehead atoms. The molecule has 7 heteroatoms. The van der Waals surface area contributed by atoms with Crippen molar-refractivity contribution >= 4 is 40.0 Å². The number of thioether (sulfide) groups is 1. The van der Waals surface area contributed by atoms with Crippen molar-refractivity contribution in [1.29, 1.82) is 0 Å². The van der Waals surface area contributed by atoms with E-state index in [4.69, 9.17) is 9.15 Å². The number of benzene rings is 2. The molecular weight excluding hydrogens is 416 g/mol. The summed E-state index contributed by atoms with van der Waals surface area (Å²) in [5, 5.41) is 5.99. The third kappa shape index (κ3) is 4.52. The van der Waals surface area contributed by atoms with Gasteiger partial charge in [-0.05, 0) is 31.0 Å². The van der Waals surface area contributed by atoms with Crippen LogP contribution in [0.4, 0.5) is 0 Å². The number of hydrogen-bond acceptors (Lipinski definition) is 6. The van der Waals surface area contributed by atoms with E-state index < -0.39 is 0 Å². The van der Waals surface area contributed by atoms with Gasteiger partial charge in [-0.3, -0.25) is 4.79 Å². The van der Waals surface area contributed by atoms with Gasteiger partial charge in [0.2, 0.25) is 0 Å². The predicted molar refractivity (Wildman–Crippen MR) is 122 cm³/mol. The van der Waals surface area contributed by atoms with Crippen molar-refractivity contribution in [3.63, 3.8) is 0 Å². The van der Waals surface area contributed by atoms with Crippen LogP contribution in [0.5, 0.6) is 5.75 Å². The van der Waals surface area contributed by atoms with Gasteiger partial charge in [0.1, 0.15) is 15.7 Å². The molecule has 0 atom stereocenters. The van der Waals surface area contributed by atoms with Gasteiger partial charge in [-0.25, -0.2) is 4.98 Å². The largest absolute Gasteiger partial charge is 0.496 e. The fourth-order valence-electron chi connectivity index (χ4n) is 3.26.